The third kappa shape index (κ3) is 4.06. The van der Waals surface area contributed by atoms with Gasteiger partial charge in [0.15, 0.2) is 5.76 Å². The maximum absolute atomic E-state index is 11.2. The first-order valence-corrected chi connectivity index (χ1v) is 8.36. The summed E-state index contributed by atoms with van der Waals surface area (Å²) in [6.45, 7) is 2.05. The first kappa shape index (κ1) is 18.4. The predicted molar refractivity (Wildman–Crippen MR) is 101 cm³/mol. The summed E-state index contributed by atoms with van der Waals surface area (Å²) in [4.78, 5) is 11.2. The van der Waals surface area contributed by atoms with Gasteiger partial charge in [0.25, 0.3) is 5.91 Å². The van der Waals surface area contributed by atoms with Crippen LogP contribution >= 0.6 is 0 Å². The highest BCUT2D eigenvalue weighted by molar-refractivity contribution is 5.90. The number of amides is 1. The van der Waals surface area contributed by atoms with Gasteiger partial charge >= 0.3 is 0 Å². The average molecular weight is 367 g/mol. The molecule has 0 aliphatic rings. The van der Waals surface area contributed by atoms with Crippen molar-refractivity contribution in [3.05, 3.63) is 65.6 Å². The van der Waals surface area contributed by atoms with Crippen molar-refractivity contribution in [3.63, 3.8) is 0 Å². The lowest BCUT2D eigenvalue weighted by atomic mass is 10.0. The summed E-state index contributed by atoms with van der Waals surface area (Å²) in [5.41, 5.74) is 7.96. The normalized spacial score (nSPS) is 10.5. The van der Waals surface area contributed by atoms with Crippen LogP contribution in [-0.2, 0) is 6.61 Å². The van der Waals surface area contributed by atoms with Crippen LogP contribution in [0.4, 0.5) is 0 Å². The van der Waals surface area contributed by atoms with Gasteiger partial charge in [0, 0.05) is 17.2 Å². The van der Waals surface area contributed by atoms with Gasteiger partial charge in [-0.05, 0) is 42.8 Å². The van der Waals surface area contributed by atoms with Gasteiger partial charge in [-0.15, -0.1) is 0 Å². The fourth-order valence-corrected chi connectivity index (χ4v) is 2.71. The standard InChI is InChI=1S/C21H21NO5/c1-13-15(10-20(27-13)21(22)23)12-26-16-6-4-14(5-7-16)18-9-8-17(24-2)11-19(18)25-3/h4-11H,12H2,1-3H3,(H2,22,23). The number of nitrogens with two attached hydrogens (primary N) is 1. The van der Waals surface area contributed by atoms with Gasteiger partial charge in [0.05, 0.1) is 14.2 Å². The molecule has 1 amide bonds. The smallest absolute Gasteiger partial charge is 0.284 e. The molecule has 1 heterocycles. The molecule has 0 unspecified atom stereocenters. The van der Waals surface area contributed by atoms with E-state index in [9.17, 15) is 4.79 Å². The highest BCUT2D eigenvalue weighted by atomic mass is 16.5. The minimum absolute atomic E-state index is 0.132. The average Bonchev–Trinajstić information content (AvgIpc) is 3.07. The number of ether oxygens (including phenoxy) is 3. The number of carbonyl (C=O) groups is 1. The summed E-state index contributed by atoms with van der Waals surface area (Å²) in [5, 5.41) is 0. The molecule has 0 saturated carbocycles. The van der Waals surface area contributed by atoms with E-state index in [2.05, 4.69) is 0 Å². The lowest BCUT2D eigenvalue weighted by Gasteiger charge is -2.11. The van der Waals surface area contributed by atoms with Crippen LogP contribution in [0.1, 0.15) is 21.9 Å². The quantitative estimate of drug-likeness (QED) is 0.683. The van der Waals surface area contributed by atoms with Gasteiger partial charge in [0.1, 0.15) is 29.6 Å². The van der Waals surface area contributed by atoms with E-state index in [0.717, 1.165) is 28.2 Å². The molecule has 27 heavy (non-hydrogen) atoms. The molecule has 0 spiro atoms. The topological polar surface area (TPSA) is 83.9 Å². The highest BCUT2D eigenvalue weighted by Crippen LogP contribution is 2.34. The fourth-order valence-electron chi connectivity index (χ4n) is 2.71. The Morgan fingerprint density at radius 2 is 1.70 bits per heavy atom. The zero-order valence-electron chi connectivity index (χ0n) is 15.4. The van der Waals surface area contributed by atoms with Crippen LogP contribution in [0.25, 0.3) is 11.1 Å². The van der Waals surface area contributed by atoms with Crippen LogP contribution in [0.3, 0.4) is 0 Å². The molecule has 0 saturated heterocycles. The van der Waals surface area contributed by atoms with E-state index in [-0.39, 0.29) is 12.4 Å². The molecule has 0 fully saturated rings. The molecule has 0 bridgehead atoms. The van der Waals surface area contributed by atoms with E-state index in [4.69, 9.17) is 24.4 Å². The number of carbonyl (C=O) groups excluding carboxylic acids is 1. The fraction of sp³-hybridized carbons (Fsp3) is 0.190. The van der Waals surface area contributed by atoms with E-state index in [1.165, 1.54) is 0 Å². The Bertz CT molecular complexity index is 944. The zero-order chi connectivity index (χ0) is 19.4. The maximum Gasteiger partial charge on any atom is 0.284 e. The van der Waals surface area contributed by atoms with Gasteiger partial charge in [-0.25, -0.2) is 0 Å². The van der Waals surface area contributed by atoms with E-state index < -0.39 is 5.91 Å². The van der Waals surface area contributed by atoms with Gasteiger partial charge in [-0.3, -0.25) is 4.79 Å². The van der Waals surface area contributed by atoms with Crippen LogP contribution < -0.4 is 19.9 Å². The predicted octanol–water partition coefficient (Wildman–Crippen LogP) is 3.95. The molecule has 3 rings (SSSR count). The third-order valence-corrected chi connectivity index (χ3v) is 4.23. The van der Waals surface area contributed by atoms with Gasteiger partial charge in [-0.2, -0.15) is 0 Å². The Morgan fingerprint density at radius 3 is 2.30 bits per heavy atom. The Balaban J connectivity index is 1.73. The third-order valence-electron chi connectivity index (χ3n) is 4.23. The van der Waals surface area contributed by atoms with Crippen LogP contribution in [0.5, 0.6) is 17.2 Å². The van der Waals surface area contributed by atoms with Crippen molar-refractivity contribution in [2.24, 2.45) is 5.73 Å². The van der Waals surface area contributed by atoms with Crippen molar-refractivity contribution in [1.29, 1.82) is 0 Å². The Labute approximate surface area is 157 Å². The van der Waals surface area contributed by atoms with Gasteiger partial charge < -0.3 is 24.4 Å². The van der Waals surface area contributed by atoms with Crippen molar-refractivity contribution >= 4 is 5.91 Å². The molecule has 0 radical (unpaired) electrons. The largest absolute Gasteiger partial charge is 0.497 e. The molecular weight excluding hydrogens is 346 g/mol. The van der Waals surface area contributed by atoms with Crippen LogP contribution in [-0.4, -0.2) is 20.1 Å². The van der Waals surface area contributed by atoms with Crippen molar-refractivity contribution in [3.8, 4) is 28.4 Å². The Morgan fingerprint density at radius 1 is 1.00 bits per heavy atom. The second-order valence-electron chi connectivity index (χ2n) is 5.94. The molecule has 140 valence electrons. The minimum atomic E-state index is -0.595. The molecule has 3 aromatic rings. The SMILES string of the molecule is COc1ccc(-c2ccc(OCc3cc(C(N)=O)oc3C)cc2)c(OC)c1. The molecule has 0 atom stereocenters. The van der Waals surface area contributed by atoms with Gasteiger partial charge in [-0.1, -0.05) is 12.1 Å². The first-order chi connectivity index (χ1) is 13.0. The second-order valence-corrected chi connectivity index (χ2v) is 5.94. The van der Waals surface area contributed by atoms with Crippen molar-refractivity contribution in [1.82, 2.24) is 0 Å². The highest BCUT2D eigenvalue weighted by Gasteiger charge is 2.12. The summed E-state index contributed by atoms with van der Waals surface area (Å²) in [5.74, 6) is 2.32. The molecule has 1 aromatic heterocycles. The lowest BCUT2D eigenvalue weighted by Crippen LogP contribution is -2.09. The second kappa shape index (κ2) is 7.86. The molecule has 0 aliphatic carbocycles. The van der Waals surface area contributed by atoms with E-state index >= 15 is 0 Å². The summed E-state index contributed by atoms with van der Waals surface area (Å²) >= 11 is 0. The summed E-state index contributed by atoms with van der Waals surface area (Å²) < 4.78 is 21.8. The van der Waals surface area contributed by atoms with Crippen LogP contribution in [0.2, 0.25) is 0 Å². The molecular formula is C21H21NO5. The number of benzene rings is 2. The number of primary amides is 1. The van der Waals surface area contributed by atoms with E-state index in [0.29, 0.717) is 11.5 Å². The van der Waals surface area contributed by atoms with E-state index in [1.807, 2.05) is 42.5 Å². The number of methoxy groups -OCH3 is 2. The number of hydrogen-bond donors (Lipinski definition) is 1. The number of aryl methyl sites for hydroxylation is 1. The summed E-state index contributed by atoms with van der Waals surface area (Å²) in [6, 6.07) is 15.0. The number of rotatable bonds is 7. The van der Waals surface area contributed by atoms with Gasteiger partial charge in [0.2, 0.25) is 0 Å². The van der Waals surface area contributed by atoms with Crippen molar-refractivity contribution < 1.29 is 23.4 Å². The monoisotopic (exact) mass is 367 g/mol. The Kier molecular flexibility index (Phi) is 5.35. The summed E-state index contributed by atoms with van der Waals surface area (Å²) in [6.07, 6.45) is 0. The van der Waals surface area contributed by atoms with Crippen LogP contribution in [0, 0.1) is 6.92 Å². The van der Waals surface area contributed by atoms with Crippen molar-refractivity contribution in [2.75, 3.05) is 14.2 Å². The minimum Gasteiger partial charge on any atom is -0.497 e. The molecule has 6 nitrogen and oxygen atoms in total. The van der Waals surface area contributed by atoms with E-state index in [1.54, 1.807) is 27.2 Å². The van der Waals surface area contributed by atoms with Crippen molar-refractivity contribution in [2.45, 2.75) is 13.5 Å². The molecule has 6 heteroatoms. The van der Waals surface area contributed by atoms with Crippen LogP contribution in [0.15, 0.2) is 52.9 Å². The number of hydrogen-bond acceptors (Lipinski definition) is 5. The lowest BCUT2D eigenvalue weighted by molar-refractivity contribution is 0.0972. The first-order valence-electron chi connectivity index (χ1n) is 8.36. The summed E-state index contributed by atoms with van der Waals surface area (Å²) in [7, 11) is 3.25. The molecule has 2 N–H and O–H groups in total. The molecule has 0 aliphatic heterocycles. The number of furan rings is 1. The molecule has 2 aromatic carbocycles. The maximum atomic E-state index is 11.2. The Hall–Kier alpha value is -3.41. The zero-order valence-corrected chi connectivity index (χ0v) is 15.4.